The van der Waals surface area contributed by atoms with Crippen molar-refractivity contribution in [2.45, 2.75) is 38.1 Å². The van der Waals surface area contributed by atoms with E-state index in [2.05, 4.69) is 15.4 Å². The molecular weight excluding hydrogens is 152 g/mol. The van der Waals surface area contributed by atoms with E-state index in [-0.39, 0.29) is 0 Å². The Balaban J connectivity index is 1.72. The summed E-state index contributed by atoms with van der Waals surface area (Å²) < 4.78 is 0. The van der Waals surface area contributed by atoms with Gasteiger partial charge >= 0.3 is 0 Å². The Morgan fingerprint density at radius 2 is 2.08 bits per heavy atom. The van der Waals surface area contributed by atoms with Crippen LogP contribution in [-0.2, 0) is 6.54 Å². The first-order valence-corrected chi connectivity index (χ1v) is 4.69. The highest BCUT2D eigenvalue weighted by atomic mass is 15.6. The number of nitrogens with zero attached hydrogens (tertiary/aromatic N) is 4. The molecule has 1 aromatic rings. The van der Waals surface area contributed by atoms with Gasteiger partial charge in [-0.2, -0.15) is 4.80 Å². The van der Waals surface area contributed by atoms with Crippen molar-refractivity contribution in [2.24, 2.45) is 5.92 Å². The van der Waals surface area contributed by atoms with Crippen LogP contribution in [0.25, 0.3) is 0 Å². The van der Waals surface area contributed by atoms with Crippen molar-refractivity contribution in [3.63, 3.8) is 0 Å². The molecule has 0 aliphatic heterocycles. The highest BCUT2D eigenvalue weighted by Crippen LogP contribution is 2.37. The van der Waals surface area contributed by atoms with Crippen molar-refractivity contribution in [3.05, 3.63) is 5.82 Å². The molecule has 4 heteroatoms. The van der Waals surface area contributed by atoms with Gasteiger partial charge in [-0.3, -0.25) is 0 Å². The maximum atomic E-state index is 4.35. The normalized spacial score (nSPS) is 23.0. The van der Waals surface area contributed by atoms with Crippen molar-refractivity contribution in [2.75, 3.05) is 0 Å². The van der Waals surface area contributed by atoms with Gasteiger partial charge in [-0.05, 0) is 36.8 Å². The molecule has 3 rings (SSSR count). The molecule has 0 unspecified atom stereocenters. The number of hydrogen-bond acceptors (Lipinski definition) is 3. The topological polar surface area (TPSA) is 43.6 Å². The zero-order valence-corrected chi connectivity index (χ0v) is 6.98. The summed E-state index contributed by atoms with van der Waals surface area (Å²) in [5, 5.41) is 12.4. The molecule has 1 heterocycles. The summed E-state index contributed by atoms with van der Waals surface area (Å²) in [7, 11) is 0. The fourth-order valence-corrected chi connectivity index (χ4v) is 1.37. The molecule has 0 spiro atoms. The lowest BCUT2D eigenvalue weighted by atomic mass is 10.4. The van der Waals surface area contributed by atoms with Gasteiger partial charge in [-0.15, -0.1) is 10.2 Å². The summed E-state index contributed by atoms with van der Waals surface area (Å²) in [6.07, 6.45) is 5.21. The summed E-state index contributed by atoms with van der Waals surface area (Å²) >= 11 is 0. The third kappa shape index (κ3) is 1.21. The van der Waals surface area contributed by atoms with E-state index in [0.29, 0.717) is 5.92 Å². The van der Waals surface area contributed by atoms with Crippen LogP contribution in [0, 0.1) is 5.92 Å². The zero-order valence-electron chi connectivity index (χ0n) is 6.98. The molecular formula is C8H12N4. The quantitative estimate of drug-likeness (QED) is 0.668. The second kappa shape index (κ2) is 2.28. The van der Waals surface area contributed by atoms with E-state index in [0.717, 1.165) is 18.3 Å². The van der Waals surface area contributed by atoms with Gasteiger partial charge in [0.1, 0.15) is 0 Å². The molecule has 1 aromatic heterocycles. The van der Waals surface area contributed by atoms with Crippen molar-refractivity contribution in [3.8, 4) is 0 Å². The first kappa shape index (κ1) is 6.57. The van der Waals surface area contributed by atoms with Crippen LogP contribution in [0.3, 0.4) is 0 Å². The molecule has 0 atom stereocenters. The van der Waals surface area contributed by atoms with Crippen molar-refractivity contribution in [1.82, 2.24) is 20.2 Å². The highest BCUT2D eigenvalue weighted by molar-refractivity contribution is 5.00. The average Bonchev–Trinajstić information content (AvgIpc) is 2.92. The Kier molecular flexibility index (Phi) is 1.25. The van der Waals surface area contributed by atoms with E-state index in [9.17, 15) is 0 Å². The Morgan fingerprint density at radius 3 is 2.75 bits per heavy atom. The van der Waals surface area contributed by atoms with Gasteiger partial charge in [0.05, 0.1) is 6.54 Å². The molecule has 0 radical (unpaired) electrons. The minimum absolute atomic E-state index is 0.637. The second-order valence-corrected chi connectivity index (χ2v) is 3.92. The SMILES string of the molecule is C1CC1Cn1nnc(C2CC2)n1. The van der Waals surface area contributed by atoms with Gasteiger partial charge < -0.3 is 0 Å². The zero-order chi connectivity index (χ0) is 7.97. The molecule has 2 saturated carbocycles. The first-order chi connectivity index (χ1) is 5.92. The van der Waals surface area contributed by atoms with Crippen LogP contribution >= 0.6 is 0 Å². The molecule has 0 amide bonds. The molecule has 0 aromatic carbocycles. The van der Waals surface area contributed by atoms with Gasteiger partial charge in [-0.1, -0.05) is 0 Å². The van der Waals surface area contributed by atoms with Crippen LogP contribution in [0.1, 0.15) is 37.4 Å². The third-order valence-electron chi connectivity index (χ3n) is 2.53. The Bertz CT molecular complexity index is 285. The van der Waals surface area contributed by atoms with E-state index in [1.165, 1.54) is 25.7 Å². The maximum absolute atomic E-state index is 4.35. The smallest absolute Gasteiger partial charge is 0.164 e. The predicted octanol–water partition coefficient (Wildman–Crippen LogP) is 0.960. The predicted molar refractivity (Wildman–Crippen MR) is 42.5 cm³/mol. The minimum Gasteiger partial charge on any atom is -0.164 e. The van der Waals surface area contributed by atoms with Crippen LogP contribution < -0.4 is 0 Å². The highest BCUT2D eigenvalue weighted by Gasteiger charge is 2.29. The minimum atomic E-state index is 0.637. The van der Waals surface area contributed by atoms with Gasteiger partial charge in [-0.25, -0.2) is 0 Å². The Labute approximate surface area is 71.0 Å². The van der Waals surface area contributed by atoms with E-state index in [4.69, 9.17) is 0 Å². The standard InChI is InChI=1S/C8H12N4/c1-2-6(1)5-12-10-8(9-11-12)7-3-4-7/h6-7H,1-5H2. The molecule has 64 valence electrons. The lowest BCUT2D eigenvalue weighted by Crippen LogP contribution is -2.04. The molecule has 0 N–H and O–H groups in total. The van der Waals surface area contributed by atoms with Gasteiger partial charge in [0, 0.05) is 5.92 Å². The van der Waals surface area contributed by atoms with Crippen LogP contribution in [0.2, 0.25) is 0 Å². The fraction of sp³-hybridized carbons (Fsp3) is 0.875. The molecule has 0 saturated heterocycles. The first-order valence-electron chi connectivity index (χ1n) is 4.69. The van der Waals surface area contributed by atoms with E-state index in [1.807, 2.05) is 0 Å². The van der Waals surface area contributed by atoms with Crippen LogP contribution in [-0.4, -0.2) is 20.2 Å². The largest absolute Gasteiger partial charge is 0.177 e. The van der Waals surface area contributed by atoms with Crippen LogP contribution in [0.15, 0.2) is 0 Å². The van der Waals surface area contributed by atoms with Gasteiger partial charge in [0.25, 0.3) is 0 Å². The van der Waals surface area contributed by atoms with Crippen molar-refractivity contribution < 1.29 is 0 Å². The van der Waals surface area contributed by atoms with Crippen molar-refractivity contribution >= 4 is 0 Å². The number of hydrogen-bond donors (Lipinski definition) is 0. The molecule has 2 fully saturated rings. The van der Waals surface area contributed by atoms with Crippen molar-refractivity contribution in [1.29, 1.82) is 0 Å². The summed E-state index contributed by atoms with van der Waals surface area (Å²) in [6, 6.07) is 0. The lowest BCUT2D eigenvalue weighted by Gasteiger charge is -1.92. The Hall–Kier alpha value is -0.930. The summed E-state index contributed by atoms with van der Waals surface area (Å²) in [4.78, 5) is 1.77. The molecule has 12 heavy (non-hydrogen) atoms. The number of aromatic nitrogens is 4. The molecule has 4 nitrogen and oxygen atoms in total. The molecule has 0 bridgehead atoms. The van der Waals surface area contributed by atoms with Crippen LogP contribution in [0.5, 0.6) is 0 Å². The number of tetrazole rings is 1. The summed E-state index contributed by atoms with van der Waals surface area (Å²) in [6.45, 7) is 0.986. The van der Waals surface area contributed by atoms with E-state index >= 15 is 0 Å². The molecule has 2 aliphatic rings. The second-order valence-electron chi connectivity index (χ2n) is 3.92. The third-order valence-corrected chi connectivity index (χ3v) is 2.53. The summed E-state index contributed by atoms with van der Waals surface area (Å²) in [5.41, 5.74) is 0. The maximum Gasteiger partial charge on any atom is 0.177 e. The lowest BCUT2D eigenvalue weighted by molar-refractivity contribution is 0.484. The summed E-state index contributed by atoms with van der Waals surface area (Å²) in [5.74, 6) is 2.44. The van der Waals surface area contributed by atoms with Gasteiger partial charge in [0.2, 0.25) is 0 Å². The van der Waals surface area contributed by atoms with Gasteiger partial charge in [0.15, 0.2) is 5.82 Å². The van der Waals surface area contributed by atoms with E-state index < -0.39 is 0 Å². The number of rotatable bonds is 3. The average molecular weight is 164 g/mol. The fourth-order valence-electron chi connectivity index (χ4n) is 1.37. The van der Waals surface area contributed by atoms with Crippen LogP contribution in [0.4, 0.5) is 0 Å². The van der Waals surface area contributed by atoms with E-state index in [1.54, 1.807) is 4.80 Å². The Morgan fingerprint density at radius 1 is 1.25 bits per heavy atom. The molecule has 2 aliphatic carbocycles. The monoisotopic (exact) mass is 164 g/mol.